The van der Waals surface area contributed by atoms with Gasteiger partial charge in [0.2, 0.25) is 0 Å². The number of rotatable bonds is 3. The van der Waals surface area contributed by atoms with Crippen molar-refractivity contribution in [2.24, 2.45) is 11.8 Å². The van der Waals surface area contributed by atoms with E-state index in [1.807, 2.05) is 7.05 Å². The Morgan fingerprint density at radius 2 is 1.32 bits per heavy atom. The summed E-state index contributed by atoms with van der Waals surface area (Å²) in [6, 6.07) is 0. The van der Waals surface area contributed by atoms with E-state index in [2.05, 4.69) is 83.1 Å². The summed E-state index contributed by atoms with van der Waals surface area (Å²) in [5.74, 6) is 1.67. The topological polar surface area (TPSA) is 30.5 Å². The maximum atomic E-state index is 3.27. The Kier molecular flexibility index (Phi) is 25.3. The molecule has 1 saturated heterocycles. The minimum atomic E-state index is 0.833. The minimum Gasteiger partial charge on any atom is -0.318 e. The standard InChI is InChI=1S/C5H12N2.C5H14N2.2C4H10/c1-7-4-2-6-3-5-7;1-6-4-5-7(2)3;2*1-4(2)3/h6H,2-5H2,1H3;6H,4-5H2,1-3H3;2*4H,1-3H3. The molecule has 1 aliphatic heterocycles. The highest BCUT2D eigenvalue weighted by atomic mass is 15.2. The lowest BCUT2D eigenvalue weighted by molar-refractivity contribution is 0.291. The molecule has 0 aliphatic carbocycles. The van der Waals surface area contributed by atoms with Gasteiger partial charge in [0.05, 0.1) is 0 Å². The Labute approximate surface area is 142 Å². The molecule has 0 spiro atoms. The Balaban J connectivity index is -0.000000228. The molecule has 4 nitrogen and oxygen atoms in total. The summed E-state index contributed by atoms with van der Waals surface area (Å²) in [4.78, 5) is 4.48. The Morgan fingerprint density at radius 1 is 0.955 bits per heavy atom. The van der Waals surface area contributed by atoms with Crippen LogP contribution in [0.3, 0.4) is 0 Å². The Bertz CT molecular complexity index is 164. The Hall–Kier alpha value is -0.160. The molecule has 0 amide bonds. The van der Waals surface area contributed by atoms with Crippen LogP contribution in [-0.2, 0) is 0 Å². The molecule has 1 rings (SSSR count). The van der Waals surface area contributed by atoms with Crippen molar-refractivity contribution in [2.45, 2.75) is 41.5 Å². The van der Waals surface area contributed by atoms with Crippen molar-refractivity contribution < 1.29 is 0 Å². The van der Waals surface area contributed by atoms with Gasteiger partial charge in [-0.2, -0.15) is 0 Å². The molecule has 0 aromatic rings. The van der Waals surface area contributed by atoms with E-state index < -0.39 is 0 Å². The molecule has 0 unspecified atom stereocenters. The van der Waals surface area contributed by atoms with Crippen molar-refractivity contribution in [3.63, 3.8) is 0 Å². The quantitative estimate of drug-likeness (QED) is 0.837. The van der Waals surface area contributed by atoms with E-state index in [9.17, 15) is 0 Å². The van der Waals surface area contributed by atoms with E-state index in [1.54, 1.807) is 0 Å². The van der Waals surface area contributed by atoms with Crippen LogP contribution in [0.1, 0.15) is 41.5 Å². The number of nitrogens with one attached hydrogen (secondary N) is 2. The van der Waals surface area contributed by atoms with Crippen LogP contribution >= 0.6 is 0 Å². The predicted molar refractivity (Wildman–Crippen MR) is 104 cm³/mol. The summed E-state index contributed by atoms with van der Waals surface area (Å²) in [5, 5.41) is 6.33. The average molecular weight is 319 g/mol. The van der Waals surface area contributed by atoms with Gasteiger partial charge in [0.1, 0.15) is 0 Å². The van der Waals surface area contributed by atoms with Gasteiger partial charge >= 0.3 is 0 Å². The molecule has 0 aromatic carbocycles. The summed E-state index contributed by atoms with van der Waals surface area (Å²) in [6.45, 7) is 19.9. The maximum Gasteiger partial charge on any atom is 0.0104 e. The first-order chi connectivity index (χ1) is 10.1. The monoisotopic (exact) mass is 318 g/mol. The highest BCUT2D eigenvalue weighted by molar-refractivity contribution is 4.62. The molecule has 0 aromatic heterocycles. The maximum absolute atomic E-state index is 3.27. The van der Waals surface area contributed by atoms with Crippen LogP contribution in [0, 0.1) is 11.8 Å². The second-order valence-corrected chi connectivity index (χ2v) is 7.42. The van der Waals surface area contributed by atoms with Crippen molar-refractivity contribution in [3.8, 4) is 0 Å². The highest BCUT2D eigenvalue weighted by Gasteiger charge is 2.01. The van der Waals surface area contributed by atoms with Crippen LogP contribution in [0.15, 0.2) is 0 Å². The van der Waals surface area contributed by atoms with Crippen LogP contribution in [-0.4, -0.2) is 77.3 Å². The molecular formula is C18H46N4. The first-order valence-corrected chi connectivity index (χ1v) is 8.82. The van der Waals surface area contributed by atoms with Crippen LogP contribution in [0.5, 0.6) is 0 Å². The Morgan fingerprint density at radius 3 is 1.45 bits per heavy atom. The van der Waals surface area contributed by atoms with Gasteiger partial charge in [-0.3, -0.25) is 0 Å². The molecule has 0 radical (unpaired) electrons. The van der Waals surface area contributed by atoms with Gasteiger partial charge in [-0.05, 0) is 40.0 Å². The van der Waals surface area contributed by atoms with E-state index in [-0.39, 0.29) is 0 Å². The lowest BCUT2D eigenvalue weighted by Crippen LogP contribution is -2.40. The van der Waals surface area contributed by atoms with Crippen LogP contribution < -0.4 is 10.6 Å². The molecule has 0 bridgehead atoms. The van der Waals surface area contributed by atoms with Crippen molar-refractivity contribution in [2.75, 3.05) is 67.5 Å². The van der Waals surface area contributed by atoms with E-state index >= 15 is 0 Å². The highest BCUT2D eigenvalue weighted by Crippen LogP contribution is 1.83. The van der Waals surface area contributed by atoms with Crippen molar-refractivity contribution >= 4 is 0 Å². The minimum absolute atomic E-state index is 0.833. The van der Waals surface area contributed by atoms with Crippen LogP contribution in [0.25, 0.3) is 0 Å². The van der Waals surface area contributed by atoms with Crippen molar-refractivity contribution in [1.29, 1.82) is 0 Å². The number of hydrogen-bond donors (Lipinski definition) is 2. The van der Waals surface area contributed by atoms with Gasteiger partial charge in [-0.25, -0.2) is 0 Å². The summed E-state index contributed by atoms with van der Waals surface area (Å²) in [6.07, 6.45) is 0. The fourth-order valence-corrected chi connectivity index (χ4v) is 1.11. The van der Waals surface area contributed by atoms with Gasteiger partial charge in [0.25, 0.3) is 0 Å². The predicted octanol–water partition coefficient (Wildman–Crippen LogP) is 2.61. The summed E-state index contributed by atoms with van der Waals surface area (Å²) in [7, 11) is 8.25. The summed E-state index contributed by atoms with van der Waals surface area (Å²) in [5.41, 5.74) is 0. The molecule has 1 heterocycles. The van der Waals surface area contributed by atoms with Gasteiger partial charge in [-0.15, -0.1) is 0 Å². The van der Waals surface area contributed by atoms with Crippen molar-refractivity contribution in [1.82, 2.24) is 20.4 Å². The fourth-order valence-electron chi connectivity index (χ4n) is 1.11. The van der Waals surface area contributed by atoms with E-state index in [4.69, 9.17) is 0 Å². The molecule has 0 atom stereocenters. The zero-order chi connectivity index (χ0) is 18.0. The third-order valence-electron chi connectivity index (χ3n) is 2.15. The smallest absolute Gasteiger partial charge is 0.0104 e. The molecule has 1 aliphatic rings. The van der Waals surface area contributed by atoms with Crippen molar-refractivity contribution in [3.05, 3.63) is 0 Å². The molecule has 2 N–H and O–H groups in total. The SMILES string of the molecule is CC(C)C.CC(C)C.CN1CCNCC1.CNCCN(C)C. The van der Waals surface area contributed by atoms with Gasteiger partial charge in [-0.1, -0.05) is 41.5 Å². The molecular weight excluding hydrogens is 272 g/mol. The van der Waals surface area contributed by atoms with Gasteiger partial charge in [0, 0.05) is 39.3 Å². The summed E-state index contributed by atoms with van der Waals surface area (Å²) >= 11 is 0. The van der Waals surface area contributed by atoms with Gasteiger partial charge < -0.3 is 20.4 Å². The zero-order valence-corrected chi connectivity index (χ0v) is 17.3. The normalized spacial score (nSPS) is 14.6. The number of nitrogens with zero attached hydrogens (tertiary/aromatic N) is 2. The van der Waals surface area contributed by atoms with Crippen LogP contribution in [0.2, 0.25) is 0 Å². The van der Waals surface area contributed by atoms with E-state index in [0.29, 0.717) is 0 Å². The first-order valence-electron chi connectivity index (χ1n) is 8.82. The number of piperazine rings is 1. The fraction of sp³-hybridized carbons (Fsp3) is 1.00. The average Bonchev–Trinajstić information content (AvgIpc) is 2.36. The third-order valence-corrected chi connectivity index (χ3v) is 2.15. The second-order valence-electron chi connectivity index (χ2n) is 7.42. The van der Waals surface area contributed by atoms with E-state index in [0.717, 1.165) is 38.0 Å². The second kappa shape index (κ2) is 20.8. The number of hydrogen-bond acceptors (Lipinski definition) is 4. The molecule has 1 fully saturated rings. The zero-order valence-electron chi connectivity index (χ0n) is 17.3. The molecule has 4 heteroatoms. The third kappa shape index (κ3) is 50.2. The lowest BCUT2D eigenvalue weighted by atomic mass is 10.3. The molecule has 22 heavy (non-hydrogen) atoms. The van der Waals surface area contributed by atoms with Gasteiger partial charge in [0.15, 0.2) is 0 Å². The first kappa shape index (κ1) is 26.7. The number of likely N-dealkylation sites (N-methyl/N-ethyl adjacent to an activating group) is 3. The lowest BCUT2D eigenvalue weighted by Gasteiger charge is -2.21. The molecule has 0 saturated carbocycles. The van der Waals surface area contributed by atoms with E-state index in [1.165, 1.54) is 13.1 Å². The molecule has 138 valence electrons. The van der Waals surface area contributed by atoms with Crippen LogP contribution in [0.4, 0.5) is 0 Å². The largest absolute Gasteiger partial charge is 0.318 e. The summed E-state index contributed by atoms with van der Waals surface area (Å²) < 4.78 is 0.